The summed E-state index contributed by atoms with van der Waals surface area (Å²) < 4.78 is 7.85. The monoisotopic (exact) mass is 333 g/mol. The summed E-state index contributed by atoms with van der Waals surface area (Å²) in [7, 11) is 0. The Balaban J connectivity index is 1.32. The first-order valence-corrected chi connectivity index (χ1v) is 9.12. The van der Waals surface area contributed by atoms with Crippen LogP contribution in [0.5, 0.6) is 0 Å². The first-order valence-electron chi connectivity index (χ1n) is 9.12. The van der Waals surface area contributed by atoms with E-state index in [-0.39, 0.29) is 17.9 Å². The van der Waals surface area contributed by atoms with E-state index in [1.807, 2.05) is 22.0 Å². The van der Waals surface area contributed by atoms with E-state index >= 15 is 0 Å². The number of piperazine rings is 1. The number of ether oxygens (including phenoxy) is 1. The van der Waals surface area contributed by atoms with Crippen LogP contribution in [-0.4, -0.2) is 83.3 Å². The van der Waals surface area contributed by atoms with Gasteiger partial charge in [0.25, 0.3) is 5.91 Å². The minimum atomic E-state index is -0.285. The molecule has 7 nitrogen and oxygen atoms in total. The minimum absolute atomic E-state index is 0.182. The van der Waals surface area contributed by atoms with E-state index < -0.39 is 0 Å². The van der Waals surface area contributed by atoms with Gasteiger partial charge >= 0.3 is 0 Å². The summed E-state index contributed by atoms with van der Waals surface area (Å²) in [5.41, 5.74) is 0. The number of carbonyl (C=O) groups excluding carboxylic acids is 1. The highest BCUT2D eigenvalue weighted by Gasteiger charge is 2.38. The van der Waals surface area contributed by atoms with Crippen molar-refractivity contribution < 1.29 is 9.53 Å². The van der Waals surface area contributed by atoms with Crippen molar-refractivity contribution in [2.75, 3.05) is 45.9 Å². The largest absolute Gasteiger partial charge is 0.368 e. The van der Waals surface area contributed by atoms with Gasteiger partial charge in [-0.15, -0.1) is 0 Å². The van der Waals surface area contributed by atoms with E-state index in [4.69, 9.17) is 4.74 Å². The highest BCUT2D eigenvalue weighted by Crippen LogP contribution is 2.25. The van der Waals surface area contributed by atoms with Crippen molar-refractivity contribution in [2.45, 2.75) is 31.5 Å². The molecule has 3 aliphatic rings. The normalized spacial score (nSPS) is 31.7. The molecular formula is C17H27N5O2. The van der Waals surface area contributed by atoms with Crippen LogP contribution in [0.2, 0.25) is 0 Å². The predicted molar refractivity (Wildman–Crippen MR) is 89.5 cm³/mol. The number of carbonyl (C=O) groups is 1. The Morgan fingerprint density at radius 2 is 2.12 bits per heavy atom. The van der Waals surface area contributed by atoms with Gasteiger partial charge in [0.15, 0.2) is 0 Å². The first kappa shape index (κ1) is 16.1. The van der Waals surface area contributed by atoms with Crippen molar-refractivity contribution in [1.29, 1.82) is 0 Å². The molecule has 7 heteroatoms. The van der Waals surface area contributed by atoms with Gasteiger partial charge in [-0.25, -0.2) is 4.98 Å². The molecule has 0 spiro atoms. The topological polar surface area (TPSA) is 62.6 Å². The Bertz CT molecular complexity index is 535. The van der Waals surface area contributed by atoms with E-state index in [2.05, 4.69) is 15.2 Å². The zero-order valence-electron chi connectivity index (χ0n) is 14.1. The Kier molecular flexibility index (Phi) is 4.82. The van der Waals surface area contributed by atoms with Crippen LogP contribution in [0.25, 0.3) is 0 Å². The van der Waals surface area contributed by atoms with Crippen molar-refractivity contribution in [3.63, 3.8) is 0 Å². The number of amides is 1. The summed E-state index contributed by atoms with van der Waals surface area (Å²) in [6.07, 6.45) is 7.44. The lowest BCUT2D eigenvalue weighted by molar-refractivity contribution is -0.145. The third kappa shape index (κ3) is 3.34. The molecule has 1 aromatic heterocycles. The standard InChI is InChI=1S/C17H27N5O2/c23-17(16-14(2-10-24-16)12-20-5-4-19-13-20)22-8-6-21(7-9-22)15-1-3-18-11-15/h4-5,13-16,18H,1-3,6-12H2/t14-,15?,16-/m1/s1. The second-order valence-corrected chi connectivity index (χ2v) is 7.11. The lowest BCUT2D eigenvalue weighted by Crippen LogP contribution is -2.55. The summed E-state index contributed by atoms with van der Waals surface area (Å²) >= 11 is 0. The average molecular weight is 333 g/mol. The van der Waals surface area contributed by atoms with Gasteiger partial charge in [0.2, 0.25) is 0 Å². The molecule has 4 heterocycles. The number of aromatic nitrogens is 2. The molecule has 1 unspecified atom stereocenters. The number of hydrogen-bond acceptors (Lipinski definition) is 5. The molecule has 1 amide bonds. The fourth-order valence-electron chi connectivity index (χ4n) is 4.20. The quantitative estimate of drug-likeness (QED) is 0.826. The number of nitrogens with one attached hydrogen (secondary N) is 1. The fourth-order valence-corrected chi connectivity index (χ4v) is 4.20. The molecular weight excluding hydrogens is 306 g/mol. The maximum Gasteiger partial charge on any atom is 0.252 e. The smallest absolute Gasteiger partial charge is 0.252 e. The number of rotatable bonds is 4. The molecule has 1 aromatic rings. The van der Waals surface area contributed by atoms with Crippen molar-refractivity contribution >= 4 is 5.91 Å². The van der Waals surface area contributed by atoms with Gasteiger partial charge < -0.3 is 19.5 Å². The van der Waals surface area contributed by atoms with Crippen LogP contribution in [0.4, 0.5) is 0 Å². The summed E-state index contributed by atoms with van der Waals surface area (Å²) in [5.74, 6) is 0.436. The molecule has 3 aliphatic heterocycles. The van der Waals surface area contributed by atoms with Crippen LogP contribution >= 0.6 is 0 Å². The lowest BCUT2D eigenvalue weighted by atomic mass is 10.00. The fraction of sp³-hybridized carbons (Fsp3) is 0.765. The molecule has 4 rings (SSSR count). The Morgan fingerprint density at radius 3 is 2.83 bits per heavy atom. The molecule has 3 atom stereocenters. The summed E-state index contributed by atoms with van der Waals surface area (Å²) in [4.78, 5) is 21.5. The van der Waals surface area contributed by atoms with E-state index in [9.17, 15) is 4.79 Å². The molecule has 0 saturated carbocycles. The van der Waals surface area contributed by atoms with Gasteiger partial charge in [-0.2, -0.15) is 0 Å². The van der Waals surface area contributed by atoms with E-state index in [0.29, 0.717) is 12.6 Å². The van der Waals surface area contributed by atoms with Crippen LogP contribution in [0.1, 0.15) is 12.8 Å². The molecule has 0 bridgehead atoms. The van der Waals surface area contributed by atoms with Gasteiger partial charge in [0.1, 0.15) is 6.10 Å². The number of hydrogen-bond donors (Lipinski definition) is 1. The van der Waals surface area contributed by atoms with Crippen molar-refractivity contribution in [1.82, 2.24) is 24.7 Å². The SMILES string of the molecule is O=C([C@@H]1OCC[C@@H]1Cn1ccnc1)N1CCN(C2CCNC2)CC1. The molecule has 24 heavy (non-hydrogen) atoms. The number of imidazole rings is 1. The number of nitrogens with zero attached hydrogens (tertiary/aromatic N) is 4. The second kappa shape index (κ2) is 7.21. The van der Waals surface area contributed by atoms with Gasteiger partial charge in [-0.05, 0) is 19.4 Å². The summed E-state index contributed by atoms with van der Waals surface area (Å²) in [6.45, 7) is 7.32. The Morgan fingerprint density at radius 1 is 1.25 bits per heavy atom. The molecule has 3 saturated heterocycles. The third-order valence-electron chi connectivity index (χ3n) is 5.64. The Labute approximate surface area is 143 Å². The van der Waals surface area contributed by atoms with Crippen LogP contribution in [0.3, 0.4) is 0 Å². The first-order chi connectivity index (χ1) is 11.8. The predicted octanol–water partition coefficient (Wildman–Crippen LogP) is -0.206. The van der Waals surface area contributed by atoms with Crippen LogP contribution in [0, 0.1) is 5.92 Å². The maximum absolute atomic E-state index is 12.9. The minimum Gasteiger partial charge on any atom is -0.368 e. The maximum atomic E-state index is 12.9. The van der Waals surface area contributed by atoms with Crippen molar-refractivity contribution in [2.24, 2.45) is 5.92 Å². The molecule has 1 N–H and O–H groups in total. The molecule has 0 aromatic carbocycles. The molecule has 132 valence electrons. The van der Waals surface area contributed by atoms with Crippen molar-refractivity contribution in [3.8, 4) is 0 Å². The van der Waals surface area contributed by atoms with Crippen LogP contribution in [0.15, 0.2) is 18.7 Å². The lowest BCUT2D eigenvalue weighted by Gasteiger charge is -2.39. The Hall–Kier alpha value is -1.44. The van der Waals surface area contributed by atoms with Gasteiger partial charge in [0.05, 0.1) is 6.33 Å². The van der Waals surface area contributed by atoms with Gasteiger partial charge in [-0.3, -0.25) is 9.69 Å². The zero-order chi connectivity index (χ0) is 16.4. The average Bonchev–Trinajstić information content (AvgIpc) is 3.37. The molecule has 3 fully saturated rings. The van der Waals surface area contributed by atoms with Crippen molar-refractivity contribution in [3.05, 3.63) is 18.7 Å². The zero-order valence-corrected chi connectivity index (χ0v) is 14.1. The van der Waals surface area contributed by atoms with Crippen LogP contribution < -0.4 is 5.32 Å². The van der Waals surface area contributed by atoms with Gasteiger partial charge in [0, 0.05) is 70.2 Å². The molecule has 0 radical (unpaired) electrons. The molecule has 0 aliphatic carbocycles. The van der Waals surface area contributed by atoms with E-state index in [1.54, 1.807) is 6.20 Å². The van der Waals surface area contributed by atoms with E-state index in [1.165, 1.54) is 6.42 Å². The summed E-state index contributed by atoms with van der Waals surface area (Å²) in [5, 5.41) is 3.43. The highest BCUT2D eigenvalue weighted by atomic mass is 16.5. The third-order valence-corrected chi connectivity index (χ3v) is 5.64. The van der Waals surface area contributed by atoms with E-state index in [0.717, 1.165) is 52.2 Å². The summed E-state index contributed by atoms with van der Waals surface area (Å²) in [6, 6.07) is 0.652. The van der Waals surface area contributed by atoms with Crippen LogP contribution in [-0.2, 0) is 16.1 Å². The second-order valence-electron chi connectivity index (χ2n) is 7.11. The van der Waals surface area contributed by atoms with Gasteiger partial charge in [-0.1, -0.05) is 0 Å². The highest BCUT2D eigenvalue weighted by molar-refractivity contribution is 5.81.